The van der Waals surface area contributed by atoms with Crippen LogP contribution in [0.15, 0.2) is 24.3 Å². The number of hydrogen-bond donors (Lipinski definition) is 1. The van der Waals surface area contributed by atoms with Crippen LogP contribution in [0.3, 0.4) is 0 Å². The second kappa shape index (κ2) is 6.86. The summed E-state index contributed by atoms with van der Waals surface area (Å²) in [4.78, 5) is 7.10. The number of para-hydroxylation sites is 2. The minimum absolute atomic E-state index is 0.138. The number of hydrogen-bond acceptors (Lipinski definition) is 3. The molecular weight excluding hydrogens is 250 g/mol. The van der Waals surface area contributed by atoms with Crippen LogP contribution in [0.5, 0.6) is 0 Å². The number of aliphatic hydroxyl groups is 1. The zero-order valence-electron chi connectivity index (χ0n) is 12.7. The van der Waals surface area contributed by atoms with E-state index in [1.807, 2.05) is 18.2 Å². The van der Waals surface area contributed by atoms with Gasteiger partial charge in [0, 0.05) is 6.54 Å². The van der Waals surface area contributed by atoms with Crippen molar-refractivity contribution < 1.29 is 5.11 Å². The number of imidazole rings is 1. The molecule has 0 saturated carbocycles. The van der Waals surface area contributed by atoms with Gasteiger partial charge in [0.2, 0.25) is 0 Å². The maximum atomic E-state index is 9.32. The van der Waals surface area contributed by atoms with E-state index < -0.39 is 0 Å². The van der Waals surface area contributed by atoms with E-state index in [-0.39, 0.29) is 12.6 Å². The number of benzene rings is 1. The molecule has 1 aromatic heterocycles. The summed E-state index contributed by atoms with van der Waals surface area (Å²) < 4.78 is 2.14. The maximum absolute atomic E-state index is 9.32. The summed E-state index contributed by atoms with van der Waals surface area (Å²) in [5.74, 6) is 1.04. The Morgan fingerprint density at radius 1 is 1.35 bits per heavy atom. The molecule has 0 bridgehead atoms. The number of aliphatic hydroxyl groups excluding tert-OH is 1. The summed E-state index contributed by atoms with van der Waals surface area (Å²) >= 11 is 0. The Morgan fingerprint density at radius 2 is 2.10 bits per heavy atom. The molecule has 0 saturated heterocycles. The normalized spacial score (nSPS) is 13.2. The number of unbranched alkanes of at least 4 members (excludes halogenated alkanes) is 1. The first-order chi connectivity index (χ1) is 9.69. The maximum Gasteiger partial charge on any atom is 0.127 e. The van der Waals surface area contributed by atoms with Crippen LogP contribution in [0.1, 0.15) is 38.6 Å². The molecule has 0 aliphatic carbocycles. The van der Waals surface area contributed by atoms with Crippen LogP contribution in [0, 0.1) is 0 Å². The Balaban J connectivity index is 2.34. The molecule has 110 valence electrons. The topological polar surface area (TPSA) is 41.3 Å². The zero-order chi connectivity index (χ0) is 14.5. The molecule has 0 aliphatic rings. The third-order valence-electron chi connectivity index (χ3n) is 3.91. The molecule has 20 heavy (non-hydrogen) atoms. The van der Waals surface area contributed by atoms with E-state index in [0.29, 0.717) is 6.54 Å². The summed E-state index contributed by atoms with van der Waals surface area (Å²) in [6.45, 7) is 6.20. The monoisotopic (exact) mass is 275 g/mol. The van der Waals surface area contributed by atoms with Crippen molar-refractivity contribution >= 4 is 11.0 Å². The third-order valence-corrected chi connectivity index (χ3v) is 3.91. The van der Waals surface area contributed by atoms with Gasteiger partial charge in [-0.3, -0.25) is 4.90 Å². The highest BCUT2D eigenvalue weighted by Crippen LogP contribution is 2.24. The lowest BCUT2D eigenvalue weighted by Gasteiger charge is -2.24. The highest BCUT2D eigenvalue weighted by molar-refractivity contribution is 5.76. The molecule has 0 radical (unpaired) electrons. The van der Waals surface area contributed by atoms with Crippen molar-refractivity contribution in [1.29, 1.82) is 0 Å². The summed E-state index contributed by atoms with van der Waals surface area (Å²) in [7, 11) is 2.14. The van der Waals surface area contributed by atoms with Gasteiger partial charge in [0.1, 0.15) is 5.82 Å². The number of aromatic nitrogens is 2. The Kier molecular flexibility index (Phi) is 5.15. The Labute approximate surface area is 121 Å². The first-order valence-electron chi connectivity index (χ1n) is 7.45. The molecule has 0 fully saturated rings. The lowest BCUT2D eigenvalue weighted by Crippen LogP contribution is -2.26. The Morgan fingerprint density at radius 3 is 2.80 bits per heavy atom. The second-order valence-electron chi connectivity index (χ2n) is 5.34. The van der Waals surface area contributed by atoms with Crippen molar-refractivity contribution in [2.45, 2.75) is 39.3 Å². The summed E-state index contributed by atoms with van der Waals surface area (Å²) in [5.41, 5.74) is 2.11. The summed E-state index contributed by atoms with van der Waals surface area (Å²) in [6, 6.07) is 8.38. The van der Waals surface area contributed by atoms with E-state index in [1.165, 1.54) is 12.8 Å². The van der Waals surface area contributed by atoms with E-state index in [0.717, 1.165) is 23.4 Å². The molecule has 2 aromatic rings. The predicted octanol–water partition coefficient (Wildman–Crippen LogP) is 2.82. The molecule has 1 heterocycles. The molecule has 2 rings (SSSR count). The van der Waals surface area contributed by atoms with Gasteiger partial charge in [-0.2, -0.15) is 0 Å². The SMILES string of the molecule is CCCCN(C)C(C)c1nc2ccccc2n1CCO. The summed E-state index contributed by atoms with van der Waals surface area (Å²) in [6.07, 6.45) is 2.39. The van der Waals surface area contributed by atoms with Crippen molar-refractivity contribution in [3.8, 4) is 0 Å². The fourth-order valence-corrected chi connectivity index (χ4v) is 2.55. The van der Waals surface area contributed by atoms with E-state index >= 15 is 0 Å². The van der Waals surface area contributed by atoms with Gasteiger partial charge in [-0.15, -0.1) is 0 Å². The Bertz CT molecular complexity index is 550. The van der Waals surface area contributed by atoms with Crippen molar-refractivity contribution in [1.82, 2.24) is 14.5 Å². The van der Waals surface area contributed by atoms with E-state index in [1.54, 1.807) is 0 Å². The second-order valence-corrected chi connectivity index (χ2v) is 5.34. The zero-order valence-corrected chi connectivity index (χ0v) is 12.7. The number of rotatable bonds is 7. The van der Waals surface area contributed by atoms with Gasteiger partial charge in [0.05, 0.1) is 23.7 Å². The van der Waals surface area contributed by atoms with Crippen LogP contribution >= 0.6 is 0 Å². The van der Waals surface area contributed by atoms with Crippen molar-refractivity contribution in [2.24, 2.45) is 0 Å². The van der Waals surface area contributed by atoms with Gasteiger partial charge in [0.15, 0.2) is 0 Å². The fourth-order valence-electron chi connectivity index (χ4n) is 2.55. The largest absolute Gasteiger partial charge is 0.395 e. The number of nitrogens with zero attached hydrogens (tertiary/aromatic N) is 3. The molecular formula is C16H25N3O. The minimum Gasteiger partial charge on any atom is -0.395 e. The Hall–Kier alpha value is -1.39. The van der Waals surface area contributed by atoms with Crippen molar-refractivity contribution in [3.05, 3.63) is 30.1 Å². The van der Waals surface area contributed by atoms with Crippen LogP contribution < -0.4 is 0 Å². The molecule has 0 spiro atoms. The van der Waals surface area contributed by atoms with Gasteiger partial charge in [0.25, 0.3) is 0 Å². The average Bonchev–Trinajstić information content (AvgIpc) is 2.83. The molecule has 0 amide bonds. The lowest BCUT2D eigenvalue weighted by atomic mass is 10.2. The number of fused-ring (bicyclic) bond motifs is 1. The predicted molar refractivity (Wildman–Crippen MR) is 82.8 cm³/mol. The molecule has 4 heteroatoms. The van der Waals surface area contributed by atoms with Crippen molar-refractivity contribution in [3.63, 3.8) is 0 Å². The van der Waals surface area contributed by atoms with Crippen LogP contribution in [0.2, 0.25) is 0 Å². The first kappa shape index (κ1) is 15.0. The minimum atomic E-state index is 0.138. The quantitative estimate of drug-likeness (QED) is 0.845. The summed E-state index contributed by atoms with van der Waals surface area (Å²) in [5, 5.41) is 9.32. The van der Waals surface area contributed by atoms with Gasteiger partial charge in [-0.25, -0.2) is 4.98 Å². The molecule has 1 unspecified atom stereocenters. The van der Waals surface area contributed by atoms with Gasteiger partial charge >= 0.3 is 0 Å². The average molecular weight is 275 g/mol. The molecule has 1 N–H and O–H groups in total. The molecule has 1 atom stereocenters. The standard InChI is InChI=1S/C16H25N3O/c1-4-5-10-18(3)13(2)16-17-14-8-6-7-9-15(14)19(16)11-12-20/h6-9,13,20H,4-5,10-12H2,1-3H3. The van der Waals surface area contributed by atoms with Gasteiger partial charge in [-0.1, -0.05) is 25.5 Å². The third kappa shape index (κ3) is 3.02. The fraction of sp³-hybridized carbons (Fsp3) is 0.562. The van der Waals surface area contributed by atoms with E-state index in [2.05, 4.69) is 36.4 Å². The van der Waals surface area contributed by atoms with E-state index in [9.17, 15) is 5.11 Å². The van der Waals surface area contributed by atoms with Crippen LogP contribution in [0.4, 0.5) is 0 Å². The first-order valence-corrected chi connectivity index (χ1v) is 7.45. The van der Waals surface area contributed by atoms with Crippen LogP contribution in [-0.4, -0.2) is 39.8 Å². The molecule has 0 aliphatic heterocycles. The van der Waals surface area contributed by atoms with Gasteiger partial charge < -0.3 is 9.67 Å². The lowest BCUT2D eigenvalue weighted by molar-refractivity contribution is 0.234. The molecule has 4 nitrogen and oxygen atoms in total. The van der Waals surface area contributed by atoms with E-state index in [4.69, 9.17) is 4.98 Å². The smallest absolute Gasteiger partial charge is 0.127 e. The highest BCUT2D eigenvalue weighted by Gasteiger charge is 2.19. The van der Waals surface area contributed by atoms with Crippen molar-refractivity contribution in [2.75, 3.05) is 20.2 Å². The molecule has 1 aromatic carbocycles. The van der Waals surface area contributed by atoms with Crippen LogP contribution in [-0.2, 0) is 6.54 Å². The highest BCUT2D eigenvalue weighted by atomic mass is 16.3. The van der Waals surface area contributed by atoms with Crippen LogP contribution in [0.25, 0.3) is 11.0 Å². The van der Waals surface area contributed by atoms with Gasteiger partial charge in [-0.05, 0) is 39.1 Å².